The molecule has 1 N–H and O–H groups in total. The molecule has 22 heavy (non-hydrogen) atoms. The Morgan fingerprint density at radius 2 is 2.05 bits per heavy atom. The largest absolute Gasteiger partial charge is 0.464 e. The highest BCUT2D eigenvalue weighted by atomic mass is 16.5. The average Bonchev–Trinajstić information content (AvgIpc) is 2.94. The van der Waals surface area contributed by atoms with E-state index in [1.807, 2.05) is 28.8 Å². The summed E-state index contributed by atoms with van der Waals surface area (Å²) in [6, 6.07) is 7.74. The summed E-state index contributed by atoms with van der Waals surface area (Å²) in [5.41, 5.74) is 2.13. The SMILES string of the molecule is COC(=O)c1cncn1[C@@H]1c2ccccc2C(O)CC1(C)C. The van der Waals surface area contributed by atoms with E-state index in [1.54, 1.807) is 6.33 Å². The van der Waals surface area contributed by atoms with Gasteiger partial charge in [-0.15, -0.1) is 0 Å². The molecule has 1 aliphatic rings. The van der Waals surface area contributed by atoms with Gasteiger partial charge >= 0.3 is 5.97 Å². The second-order valence-corrected chi connectivity index (χ2v) is 6.42. The maximum absolute atomic E-state index is 12.0. The van der Waals surface area contributed by atoms with Gasteiger partial charge in [-0.1, -0.05) is 38.1 Å². The van der Waals surface area contributed by atoms with Crippen molar-refractivity contribution < 1.29 is 14.6 Å². The molecular formula is C17H20N2O3. The first-order valence-corrected chi connectivity index (χ1v) is 7.32. The number of aliphatic hydroxyl groups excluding tert-OH is 1. The summed E-state index contributed by atoms with van der Waals surface area (Å²) < 4.78 is 6.71. The predicted octanol–water partition coefficient (Wildman–Crippen LogP) is 2.72. The summed E-state index contributed by atoms with van der Waals surface area (Å²) >= 11 is 0. The van der Waals surface area contributed by atoms with Crippen molar-refractivity contribution in [3.05, 3.63) is 53.6 Å². The van der Waals surface area contributed by atoms with Crippen molar-refractivity contribution in [3.8, 4) is 0 Å². The van der Waals surface area contributed by atoms with Gasteiger partial charge in [0.25, 0.3) is 0 Å². The van der Waals surface area contributed by atoms with Crippen molar-refractivity contribution in [1.29, 1.82) is 0 Å². The number of imidazole rings is 1. The molecule has 0 fully saturated rings. The monoisotopic (exact) mass is 300 g/mol. The van der Waals surface area contributed by atoms with E-state index < -0.39 is 12.1 Å². The zero-order valence-electron chi connectivity index (χ0n) is 13.0. The fourth-order valence-corrected chi connectivity index (χ4v) is 3.50. The molecule has 116 valence electrons. The number of fused-ring (bicyclic) bond motifs is 1. The van der Waals surface area contributed by atoms with Crippen LogP contribution in [0, 0.1) is 5.41 Å². The van der Waals surface area contributed by atoms with Crippen LogP contribution in [0.5, 0.6) is 0 Å². The Morgan fingerprint density at radius 3 is 2.73 bits per heavy atom. The van der Waals surface area contributed by atoms with E-state index >= 15 is 0 Å². The highest BCUT2D eigenvalue weighted by molar-refractivity contribution is 5.87. The smallest absolute Gasteiger partial charge is 0.356 e. The molecule has 0 saturated carbocycles. The molecule has 5 heteroatoms. The van der Waals surface area contributed by atoms with Crippen molar-refractivity contribution in [2.45, 2.75) is 32.4 Å². The third kappa shape index (κ3) is 2.22. The van der Waals surface area contributed by atoms with E-state index in [9.17, 15) is 9.90 Å². The summed E-state index contributed by atoms with van der Waals surface area (Å²) in [5, 5.41) is 10.4. The highest BCUT2D eigenvalue weighted by Gasteiger charge is 2.42. The Labute approximate surface area is 129 Å². The van der Waals surface area contributed by atoms with E-state index in [0.29, 0.717) is 12.1 Å². The van der Waals surface area contributed by atoms with Crippen molar-refractivity contribution >= 4 is 5.97 Å². The molecule has 0 radical (unpaired) electrons. The lowest BCUT2D eigenvalue weighted by Gasteiger charge is -2.43. The molecule has 1 unspecified atom stereocenters. The molecule has 3 rings (SSSR count). The standard InChI is InChI=1S/C17H20N2O3/c1-17(2)8-14(20)11-6-4-5-7-12(11)15(17)19-10-18-9-13(19)16(21)22-3/h4-7,9-10,14-15,20H,8H2,1-3H3/t14?,15-/m1/s1. The summed E-state index contributed by atoms with van der Waals surface area (Å²) in [5.74, 6) is -0.406. The third-order valence-electron chi connectivity index (χ3n) is 4.45. The number of aliphatic hydroxyl groups is 1. The van der Waals surface area contributed by atoms with Crippen LogP contribution in [0.3, 0.4) is 0 Å². The van der Waals surface area contributed by atoms with Crippen LogP contribution in [0.4, 0.5) is 0 Å². The molecule has 2 atom stereocenters. The van der Waals surface area contributed by atoms with E-state index in [4.69, 9.17) is 4.74 Å². The van der Waals surface area contributed by atoms with E-state index in [1.165, 1.54) is 13.3 Å². The molecular weight excluding hydrogens is 280 g/mol. The zero-order chi connectivity index (χ0) is 15.9. The van der Waals surface area contributed by atoms with Gasteiger partial charge in [0.1, 0.15) is 5.69 Å². The van der Waals surface area contributed by atoms with Gasteiger partial charge in [0, 0.05) is 0 Å². The van der Waals surface area contributed by atoms with Gasteiger partial charge in [-0.2, -0.15) is 0 Å². The second kappa shape index (κ2) is 5.25. The van der Waals surface area contributed by atoms with Crippen molar-refractivity contribution in [3.63, 3.8) is 0 Å². The van der Waals surface area contributed by atoms with Crippen molar-refractivity contribution in [1.82, 2.24) is 9.55 Å². The molecule has 1 aromatic carbocycles. The molecule has 2 aromatic rings. The summed E-state index contributed by atoms with van der Waals surface area (Å²) in [7, 11) is 1.36. The van der Waals surface area contributed by atoms with Crippen LogP contribution in [-0.2, 0) is 4.74 Å². The number of esters is 1. The number of rotatable bonds is 2. The Kier molecular flexibility index (Phi) is 3.53. The first-order chi connectivity index (χ1) is 10.5. The molecule has 0 aliphatic heterocycles. The van der Waals surface area contributed by atoms with Gasteiger partial charge in [-0.05, 0) is 23.0 Å². The van der Waals surface area contributed by atoms with Crippen LogP contribution in [0.2, 0.25) is 0 Å². The van der Waals surface area contributed by atoms with Gasteiger partial charge in [-0.25, -0.2) is 9.78 Å². The molecule has 1 aromatic heterocycles. The first kappa shape index (κ1) is 14.8. The number of nitrogens with zero attached hydrogens (tertiary/aromatic N) is 2. The molecule has 0 amide bonds. The van der Waals surface area contributed by atoms with Gasteiger partial charge in [-0.3, -0.25) is 0 Å². The molecule has 1 heterocycles. The van der Waals surface area contributed by atoms with Gasteiger partial charge in [0.2, 0.25) is 0 Å². The minimum absolute atomic E-state index is 0.0799. The summed E-state index contributed by atoms with van der Waals surface area (Å²) in [6.45, 7) is 4.19. The lowest BCUT2D eigenvalue weighted by Crippen LogP contribution is -2.36. The summed E-state index contributed by atoms with van der Waals surface area (Å²) in [6.07, 6.45) is 3.31. The lowest BCUT2D eigenvalue weighted by atomic mass is 9.69. The van der Waals surface area contributed by atoms with Crippen LogP contribution in [-0.4, -0.2) is 27.7 Å². The van der Waals surface area contributed by atoms with Crippen LogP contribution in [0.25, 0.3) is 0 Å². The van der Waals surface area contributed by atoms with E-state index in [2.05, 4.69) is 18.8 Å². The number of ether oxygens (including phenoxy) is 1. The van der Waals surface area contributed by atoms with Gasteiger partial charge < -0.3 is 14.4 Å². The van der Waals surface area contributed by atoms with Crippen LogP contribution in [0.15, 0.2) is 36.8 Å². The first-order valence-electron chi connectivity index (χ1n) is 7.32. The van der Waals surface area contributed by atoms with Crippen molar-refractivity contribution in [2.75, 3.05) is 7.11 Å². The second-order valence-electron chi connectivity index (χ2n) is 6.42. The van der Waals surface area contributed by atoms with E-state index in [-0.39, 0.29) is 11.5 Å². The lowest BCUT2D eigenvalue weighted by molar-refractivity contribution is 0.0554. The predicted molar refractivity (Wildman–Crippen MR) is 81.5 cm³/mol. The van der Waals surface area contributed by atoms with Gasteiger partial charge in [0.05, 0.1) is 31.8 Å². The average molecular weight is 300 g/mol. The number of hydrogen-bond donors (Lipinski definition) is 1. The number of benzene rings is 1. The Bertz CT molecular complexity index is 705. The van der Waals surface area contributed by atoms with Crippen LogP contribution in [0.1, 0.15) is 54.0 Å². The number of carbonyl (C=O) groups excluding carboxylic acids is 1. The number of methoxy groups -OCH3 is 1. The van der Waals surface area contributed by atoms with Crippen molar-refractivity contribution in [2.24, 2.45) is 5.41 Å². The van der Waals surface area contributed by atoms with Crippen LogP contribution >= 0.6 is 0 Å². The van der Waals surface area contributed by atoms with Crippen LogP contribution < -0.4 is 0 Å². The molecule has 0 bridgehead atoms. The normalized spacial score (nSPS) is 22.9. The molecule has 0 spiro atoms. The minimum atomic E-state index is -0.493. The maximum atomic E-state index is 12.0. The minimum Gasteiger partial charge on any atom is -0.464 e. The molecule has 5 nitrogen and oxygen atoms in total. The Hall–Kier alpha value is -2.14. The fourth-order valence-electron chi connectivity index (χ4n) is 3.50. The molecule has 0 saturated heterocycles. The quantitative estimate of drug-likeness (QED) is 0.866. The molecule has 1 aliphatic carbocycles. The number of aromatic nitrogens is 2. The van der Waals surface area contributed by atoms with E-state index in [0.717, 1.165) is 11.1 Å². The Morgan fingerprint density at radius 1 is 1.36 bits per heavy atom. The number of hydrogen-bond acceptors (Lipinski definition) is 4. The fraction of sp³-hybridized carbons (Fsp3) is 0.412. The summed E-state index contributed by atoms with van der Waals surface area (Å²) in [4.78, 5) is 16.1. The third-order valence-corrected chi connectivity index (χ3v) is 4.45. The maximum Gasteiger partial charge on any atom is 0.356 e. The van der Waals surface area contributed by atoms with Gasteiger partial charge in [0.15, 0.2) is 0 Å². The highest BCUT2D eigenvalue weighted by Crippen LogP contribution is 2.50. The number of carbonyl (C=O) groups is 1. The topological polar surface area (TPSA) is 64.3 Å². The zero-order valence-corrected chi connectivity index (χ0v) is 13.0. The Balaban J connectivity index is 2.19.